The van der Waals surface area contributed by atoms with Crippen LogP contribution in [0.2, 0.25) is 0 Å². The molecule has 0 saturated heterocycles. The van der Waals surface area contributed by atoms with E-state index in [-0.39, 0.29) is 30.6 Å². The van der Waals surface area contributed by atoms with Crippen molar-refractivity contribution in [1.82, 2.24) is 10.2 Å². The van der Waals surface area contributed by atoms with E-state index >= 15 is 0 Å². The van der Waals surface area contributed by atoms with Gasteiger partial charge in [-0.3, -0.25) is 13.9 Å². The summed E-state index contributed by atoms with van der Waals surface area (Å²) in [6.45, 7) is 3.94. The smallest absolute Gasteiger partial charge is 0.244 e. The second-order valence-electron chi connectivity index (χ2n) is 10.3. The Balaban J connectivity index is 1.74. The third-order valence-electron chi connectivity index (χ3n) is 6.68. The summed E-state index contributed by atoms with van der Waals surface area (Å²) in [4.78, 5) is 29.3. The highest BCUT2D eigenvalue weighted by Crippen LogP contribution is 2.35. The van der Waals surface area contributed by atoms with E-state index in [1.807, 2.05) is 50.2 Å². The van der Waals surface area contributed by atoms with E-state index in [0.717, 1.165) is 21.7 Å². The minimum atomic E-state index is -3.91. The molecule has 1 aliphatic heterocycles. The summed E-state index contributed by atoms with van der Waals surface area (Å²) >= 11 is 0. The predicted molar refractivity (Wildman–Crippen MR) is 160 cm³/mol. The number of hydrogen-bond donors (Lipinski definition) is 1. The molecule has 2 amide bonds. The maximum atomic E-state index is 14.2. The topological polar surface area (TPSA) is 114 Å². The van der Waals surface area contributed by atoms with Gasteiger partial charge in [0.05, 0.1) is 19.1 Å². The third-order valence-corrected chi connectivity index (χ3v) is 7.82. The first kappa shape index (κ1) is 30.7. The molecule has 1 unspecified atom stereocenters. The van der Waals surface area contributed by atoms with Gasteiger partial charge in [0.2, 0.25) is 21.8 Å². The van der Waals surface area contributed by atoms with E-state index in [9.17, 15) is 18.0 Å². The molecule has 1 heterocycles. The van der Waals surface area contributed by atoms with Gasteiger partial charge in [-0.15, -0.1) is 0 Å². The van der Waals surface area contributed by atoms with Crippen LogP contribution in [0.15, 0.2) is 72.8 Å². The lowest BCUT2D eigenvalue weighted by atomic mass is 10.0. The molecule has 0 saturated carbocycles. The zero-order valence-corrected chi connectivity index (χ0v) is 25.1. The van der Waals surface area contributed by atoms with E-state index in [1.54, 1.807) is 43.5 Å². The number of benzene rings is 3. The Morgan fingerprint density at radius 2 is 1.62 bits per heavy atom. The average Bonchev–Trinajstić information content (AvgIpc) is 2.97. The molecule has 0 aromatic heterocycles. The molecule has 3 aromatic rings. The number of ether oxygens (including phenoxy) is 3. The molecule has 10 nitrogen and oxygen atoms in total. The van der Waals surface area contributed by atoms with Gasteiger partial charge in [-0.25, -0.2) is 8.42 Å². The van der Waals surface area contributed by atoms with E-state index in [0.29, 0.717) is 30.5 Å². The number of fused-ring (bicyclic) bond motifs is 1. The van der Waals surface area contributed by atoms with Crippen molar-refractivity contribution in [1.29, 1.82) is 0 Å². The highest BCUT2D eigenvalue weighted by atomic mass is 32.2. The Kier molecular flexibility index (Phi) is 9.95. The van der Waals surface area contributed by atoms with Crippen LogP contribution in [-0.2, 0) is 32.6 Å². The van der Waals surface area contributed by atoms with Gasteiger partial charge >= 0.3 is 0 Å². The third kappa shape index (κ3) is 7.94. The van der Waals surface area contributed by atoms with Crippen LogP contribution in [0.1, 0.15) is 25.0 Å². The number of rotatable bonds is 12. The number of carbonyl (C=O) groups is 2. The fraction of sp³-hybridized carbons (Fsp3) is 0.355. The fourth-order valence-corrected chi connectivity index (χ4v) is 5.54. The van der Waals surface area contributed by atoms with Gasteiger partial charge in [0.15, 0.2) is 11.5 Å². The number of nitrogens with zero attached hydrogens (tertiary/aromatic N) is 2. The number of nitrogens with one attached hydrogen (secondary N) is 1. The number of methoxy groups -OCH3 is 1. The largest absolute Gasteiger partial charge is 0.497 e. The number of anilines is 1. The molecule has 1 N–H and O–H groups in total. The van der Waals surface area contributed by atoms with Crippen LogP contribution in [0, 0.1) is 0 Å². The molecule has 1 aliphatic rings. The molecular weight excluding hydrogens is 558 g/mol. The standard InChI is InChI=1S/C31H37N3O7S/c1-22(2)32-31(36)27(18-23-9-6-5-7-10-23)33(20-24-11-8-12-26(17-24)39-3)30(35)21-34(42(4,37)38)25-13-14-28-29(19-25)41-16-15-40-28/h5-14,17,19,22,27H,15-16,18,20-21H2,1-4H3,(H,32,36). The van der Waals surface area contributed by atoms with Crippen LogP contribution in [0.4, 0.5) is 5.69 Å². The van der Waals surface area contributed by atoms with Crippen molar-refractivity contribution in [3.8, 4) is 17.2 Å². The quantitative estimate of drug-likeness (QED) is 0.341. The van der Waals surface area contributed by atoms with Crippen molar-refractivity contribution in [2.45, 2.75) is 38.9 Å². The lowest BCUT2D eigenvalue weighted by Gasteiger charge is -2.34. The predicted octanol–water partition coefficient (Wildman–Crippen LogP) is 3.40. The van der Waals surface area contributed by atoms with Gasteiger partial charge < -0.3 is 24.4 Å². The Labute approximate surface area is 247 Å². The Hall–Kier alpha value is -4.25. The maximum absolute atomic E-state index is 14.2. The van der Waals surface area contributed by atoms with Crippen molar-refractivity contribution >= 4 is 27.5 Å². The Bertz CT molecular complexity index is 1500. The average molecular weight is 596 g/mol. The first-order valence-electron chi connectivity index (χ1n) is 13.7. The van der Waals surface area contributed by atoms with Crippen LogP contribution < -0.4 is 23.8 Å². The number of sulfonamides is 1. The van der Waals surface area contributed by atoms with Crippen molar-refractivity contribution < 1.29 is 32.2 Å². The lowest BCUT2D eigenvalue weighted by molar-refractivity contribution is -0.140. The Morgan fingerprint density at radius 3 is 2.29 bits per heavy atom. The molecule has 224 valence electrons. The van der Waals surface area contributed by atoms with E-state index in [2.05, 4.69) is 5.32 Å². The monoisotopic (exact) mass is 595 g/mol. The normalized spacial score (nSPS) is 13.3. The molecule has 1 atom stereocenters. The van der Waals surface area contributed by atoms with Crippen molar-refractivity contribution in [2.24, 2.45) is 0 Å². The van der Waals surface area contributed by atoms with Crippen LogP contribution in [0.3, 0.4) is 0 Å². The highest BCUT2D eigenvalue weighted by Gasteiger charge is 2.33. The van der Waals surface area contributed by atoms with Gasteiger partial charge in [-0.1, -0.05) is 42.5 Å². The molecule has 11 heteroatoms. The minimum absolute atomic E-state index is 0.0534. The number of amides is 2. The maximum Gasteiger partial charge on any atom is 0.244 e. The molecular formula is C31H37N3O7S. The molecule has 0 bridgehead atoms. The van der Waals surface area contributed by atoms with Crippen LogP contribution in [0.5, 0.6) is 17.2 Å². The zero-order valence-electron chi connectivity index (χ0n) is 24.3. The summed E-state index contributed by atoms with van der Waals surface area (Å²) in [7, 11) is -2.36. The summed E-state index contributed by atoms with van der Waals surface area (Å²) < 4.78 is 43.7. The highest BCUT2D eigenvalue weighted by molar-refractivity contribution is 7.92. The van der Waals surface area contributed by atoms with Crippen molar-refractivity contribution in [2.75, 3.05) is 37.4 Å². The van der Waals surface area contributed by atoms with E-state index < -0.39 is 28.5 Å². The first-order chi connectivity index (χ1) is 20.0. The summed E-state index contributed by atoms with van der Waals surface area (Å²) in [6.07, 6.45) is 1.27. The minimum Gasteiger partial charge on any atom is -0.497 e. The summed E-state index contributed by atoms with van der Waals surface area (Å²) in [5.74, 6) is 0.609. The molecule has 0 radical (unpaired) electrons. The van der Waals surface area contributed by atoms with Gasteiger partial charge in [-0.05, 0) is 49.2 Å². The zero-order chi connectivity index (χ0) is 30.3. The Morgan fingerprint density at radius 1 is 0.929 bits per heavy atom. The van der Waals surface area contributed by atoms with Crippen molar-refractivity contribution in [3.63, 3.8) is 0 Å². The van der Waals surface area contributed by atoms with Crippen LogP contribution in [0.25, 0.3) is 0 Å². The van der Waals surface area contributed by atoms with Gasteiger partial charge in [0.25, 0.3) is 0 Å². The van der Waals surface area contributed by atoms with Gasteiger partial charge in [0.1, 0.15) is 31.5 Å². The number of carbonyl (C=O) groups excluding carboxylic acids is 2. The van der Waals surface area contributed by atoms with Gasteiger partial charge in [-0.2, -0.15) is 0 Å². The summed E-state index contributed by atoms with van der Waals surface area (Å²) in [5, 5.41) is 2.94. The van der Waals surface area contributed by atoms with Crippen LogP contribution in [-0.4, -0.2) is 70.3 Å². The lowest BCUT2D eigenvalue weighted by Crippen LogP contribution is -2.54. The molecule has 0 spiro atoms. The summed E-state index contributed by atoms with van der Waals surface area (Å²) in [6, 6.07) is 20.2. The number of hydrogen-bond acceptors (Lipinski definition) is 7. The second kappa shape index (κ2) is 13.6. The molecule has 42 heavy (non-hydrogen) atoms. The van der Waals surface area contributed by atoms with Crippen molar-refractivity contribution in [3.05, 3.63) is 83.9 Å². The van der Waals surface area contributed by atoms with Gasteiger partial charge in [0, 0.05) is 25.1 Å². The first-order valence-corrected chi connectivity index (χ1v) is 15.5. The van der Waals surface area contributed by atoms with Crippen LogP contribution >= 0.6 is 0 Å². The van der Waals surface area contributed by atoms with E-state index in [4.69, 9.17) is 14.2 Å². The molecule has 0 fully saturated rings. The molecule has 4 rings (SSSR count). The fourth-order valence-electron chi connectivity index (χ4n) is 4.70. The molecule has 3 aromatic carbocycles. The summed E-state index contributed by atoms with van der Waals surface area (Å²) in [5.41, 5.74) is 1.84. The second-order valence-corrected chi connectivity index (χ2v) is 12.2. The van der Waals surface area contributed by atoms with E-state index in [1.165, 1.54) is 4.90 Å². The SMILES string of the molecule is COc1cccc(CN(C(=O)CN(c2ccc3c(c2)OCCO3)S(C)(=O)=O)C(Cc2ccccc2)C(=O)NC(C)C)c1. The molecule has 0 aliphatic carbocycles.